The van der Waals surface area contributed by atoms with Crippen LogP contribution in [-0.2, 0) is 0 Å². The zero-order chi connectivity index (χ0) is 26.2. The van der Waals surface area contributed by atoms with Gasteiger partial charge in [-0.15, -0.1) is 0 Å². The molecule has 1 heterocycles. The number of carbonyl (C=O) groups excluding carboxylic acids is 1. The van der Waals surface area contributed by atoms with Gasteiger partial charge in [0.05, 0.1) is 0 Å². The molecule has 0 amide bonds. The molecule has 0 saturated heterocycles. The number of rotatable bonds is 9. The van der Waals surface area contributed by atoms with Crippen molar-refractivity contribution in [2.75, 3.05) is 16.0 Å². The molecule has 4 aromatic carbocycles. The van der Waals surface area contributed by atoms with Crippen LogP contribution in [0.1, 0.15) is 15.9 Å². The predicted octanol–water partition coefficient (Wildman–Crippen LogP) is 7.14. The highest BCUT2D eigenvalue weighted by atomic mass is 19.1. The summed E-state index contributed by atoms with van der Waals surface area (Å²) in [7, 11) is 0. The van der Waals surface area contributed by atoms with E-state index in [9.17, 15) is 9.18 Å². The molecular weight excluding hydrogens is 479 g/mol. The summed E-state index contributed by atoms with van der Waals surface area (Å²) in [6.45, 7) is 0. The third kappa shape index (κ3) is 6.64. The zero-order valence-electron chi connectivity index (χ0n) is 20.2. The van der Waals surface area contributed by atoms with Gasteiger partial charge in [-0.25, -0.2) is 4.39 Å². The van der Waals surface area contributed by atoms with Crippen LogP contribution >= 0.6 is 0 Å². The standard InChI is InChI=1S/C30H23FN6O/c31-23-10-7-13-26(20-23)34-30-36-28(32-24-11-5-2-6-12-24)35-29(37-30)33-25-17-15-22(16-18-25)27(38)19-14-21-8-3-1-4-9-21/h1-20H,(H3,32,33,34,35,36,37)/b19-14+. The van der Waals surface area contributed by atoms with E-state index in [2.05, 4.69) is 30.9 Å². The molecule has 0 aliphatic rings. The summed E-state index contributed by atoms with van der Waals surface area (Å²) in [5.74, 6) is 0.310. The molecule has 0 unspecified atom stereocenters. The monoisotopic (exact) mass is 502 g/mol. The van der Waals surface area contributed by atoms with Gasteiger partial charge in [0.2, 0.25) is 17.8 Å². The maximum atomic E-state index is 13.7. The molecule has 38 heavy (non-hydrogen) atoms. The van der Waals surface area contributed by atoms with Crippen LogP contribution in [0.15, 0.2) is 115 Å². The van der Waals surface area contributed by atoms with Crippen LogP contribution in [0.5, 0.6) is 0 Å². The number of para-hydroxylation sites is 1. The van der Waals surface area contributed by atoms with E-state index in [1.165, 1.54) is 12.1 Å². The number of ketones is 1. The van der Waals surface area contributed by atoms with Gasteiger partial charge in [-0.2, -0.15) is 15.0 Å². The molecule has 0 spiro atoms. The molecule has 7 nitrogen and oxygen atoms in total. The number of hydrogen-bond acceptors (Lipinski definition) is 7. The summed E-state index contributed by atoms with van der Waals surface area (Å²) in [5, 5.41) is 9.31. The maximum absolute atomic E-state index is 13.7. The summed E-state index contributed by atoms with van der Waals surface area (Å²) < 4.78 is 13.7. The van der Waals surface area contributed by atoms with Crippen molar-refractivity contribution in [3.63, 3.8) is 0 Å². The fourth-order valence-corrected chi connectivity index (χ4v) is 3.57. The Morgan fingerprint density at radius 2 is 1.13 bits per heavy atom. The summed E-state index contributed by atoms with van der Waals surface area (Å²) in [6, 6.07) is 32.2. The SMILES string of the molecule is O=C(/C=C/c1ccccc1)c1ccc(Nc2nc(Nc3ccccc3)nc(Nc3cccc(F)c3)n2)cc1. The normalized spacial score (nSPS) is 10.8. The number of hydrogen-bond donors (Lipinski definition) is 3. The quantitative estimate of drug-likeness (QED) is 0.146. The first-order valence-electron chi connectivity index (χ1n) is 11.9. The Hall–Kier alpha value is -5.37. The van der Waals surface area contributed by atoms with Crippen LogP contribution in [0.4, 0.5) is 39.3 Å². The molecule has 0 saturated carbocycles. The third-order valence-corrected chi connectivity index (χ3v) is 5.40. The highest BCUT2D eigenvalue weighted by molar-refractivity contribution is 6.07. The molecule has 3 N–H and O–H groups in total. The molecule has 0 fully saturated rings. The average Bonchev–Trinajstić information content (AvgIpc) is 2.93. The lowest BCUT2D eigenvalue weighted by molar-refractivity contribution is 0.104. The average molecular weight is 503 g/mol. The Kier molecular flexibility index (Phi) is 7.41. The Bertz CT molecular complexity index is 1560. The van der Waals surface area contributed by atoms with Crippen LogP contribution in [0.3, 0.4) is 0 Å². The molecule has 0 aliphatic heterocycles. The van der Waals surface area contributed by atoms with Crippen LogP contribution < -0.4 is 16.0 Å². The van der Waals surface area contributed by atoms with Gasteiger partial charge < -0.3 is 16.0 Å². The van der Waals surface area contributed by atoms with Crippen molar-refractivity contribution in [3.05, 3.63) is 132 Å². The van der Waals surface area contributed by atoms with Crippen LogP contribution in [0.25, 0.3) is 6.08 Å². The number of halogens is 1. The van der Waals surface area contributed by atoms with Crippen molar-refractivity contribution < 1.29 is 9.18 Å². The molecule has 186 valence electrons. The Morgan fingerprint density at radius 1 is 0.605 bits per heavy atom. The number of carbonyl (C=O) groups is 1. The van der Waals surface area contributed by atoms with Crippen LogP contribution in [0.2, 0.25) is 0 Å². The van der Waals surface area contributed by atoms with Crippen molar-refractivity contribution >= 4 is 46.8 Å². The number of allylic oxidation sites excluding steroid dienone is 1. The van der Waals surface area contributed by atoms with E-state index in [0.29, 0.717) is 22.9 Å². The van der Waals surface area contributed by atoms with E-state index in [1.54, 1.807) is 48.6 Å². The predicted molar refractivity (Wildman–Crippen MR) is 149 cm³/mol. The van der Waals surface area contributed by atoms with E-state index in [4.69, 9.17) is 0 Å². The van der Waals surface area contributed by atoms with Crippen LogP contribution in [-0.4, -0.2) is 20.7 Å². The Balaban J connectivity index is 1.35. The number of benzene rings is 4. The molecule has 0 radical (unpaired) electrons. The number of aromatic nitrogens is 3. The lowest BCUT2D eigenvalue weighted by Crippen LogP contribution is -2.07. The second-order valence-corrected chi connectivity index (χ2v) is 8.24. The van der Waals surface area contributed by atoms with Gasteiger partial charge in [-0.1, -0.05) is 60.7 Å². The minimum absolute atomic E-state index is 0.100. The van der Waals surface area contributed by atoms with Gasteiger partial charge in [0.1, 0.15) is 5.82 Å². The van der Waals surface area contributed by atoms with Gasteiger partial charge >= 0.3 is 0 Å². The lowest BCUT2D eigenvalue weighted by atomic mass is 10.1. The molecule has 0 aliphatic carbocycles. The van der Waals surface area contributed by atoms with Crippen molar-refractivity contribution in [1.82, 2.24) is 15.0 Å². The largest absolute Gasteiger partial charge is 0.324 e. The smallest absolute Gasteiger partial charge is 0.233 e. The van der Waals surface area contributed by atoms with Crippen molar-refractivity contribution in [1.29, 1.82) is 0 Å². The fraction of sp³-hybridized carbons (Fsp3) is 0. The van der Waals surface area contributed by atoms with E-state index in [-0.39, 0.29) is 23.5 Å². The van der Waals surface area contributed by atoms with Crippen molar-refractivity contribution in [2.45, 2.75) is 0 Å². The second-order valence-electron chi connectivity index (χ2n) is 8.24. The molecule has 0 bridgehead atoms. The molecule has 5 aromatic rings. The highest BCUT2D eigenvalue weighted by Crippen LogP contribution is 2.21. The Labute approximate surface area is 219 Å². The van der Waals surface area contributed by atoms with Gasteiger partial charge in [-0.05, 0) is 66.2 Å². The molecule has 0 atom stereocenters. The maximum Gasteiger partial charge on any atom is 0.233 e. The number of nitrogens with one attached hydrogen (secondary N) is 3. The minimum Gasteiger partial charge on any atom is -0.324 e. The number of nitrogens with zero attached hydrogens (tertiary/aromatic N) is 3. The van der Waals surface area contributed by atoms with E-state index < -0.39 is 0 Å². The van der Waals surface area contributed by atoms with Crippen molar-refractivity contribution in [2.24, 2.45) is 0 Å². The van der Waals surface area contributed by atoms with Gasteiger partial charge in [0.15, 0.2) is 5.78 Å². The molecule has 8 heteroatoms. The van der Waals surface area contributed by atoms with Gasteiger partial charge in [0, 0.05) is 22.6 Å². The van der Waals surface area contributed by atoms with E-state index in [0.717, 1.165) is 11.3 Å². The first-order chi connectivity index (χ1) is 18.6. The van der Waals surface area contributed by atoms with Crippen molar-refractivity contribution in [3.8, 4) is 0 Å². The zero-order valence-corrected chi connectivity index (χ0v) is 20.2. The second kappa shape index (κ2) is 11.6. The van der Waals surface area contributed by atoms with Gasteiger partial charge in [-0.3, -0.25) is 4.79 Å². The Morgan fingerprint density at radius 3 is 1.74 bits per heavy atom. The summed E-state index contributed by atoms with van der Waals surface area (Å²) >= 11 is 0. The third-order valence-electron chi connectivity index (χ3n) is 5.40. The van der Waals surface area contributed by atoms with E-state index in [1.807, 2.05) is 60.7 Å². The van der Waals surface area contributed by atoms with Crippen LogP contribution in [0, 0.1) is 5.82 Å². The molecule has 1 aromatic heterocycles. The summed E-state index contributed by atoms with van der Waals surface area (Å²) in [5.41, 5.74) is 3.49. The topological polar surface area (TPSA) is 91.8 Å². The first kappa shape index (κ1) is 24.3. The summed E-state index contributed by atoms with van der Waals surface area (Å²) in [6.07, 6.45) is 3.34. The summed E-state index contributed by atoms with van der Waals surface area (Å²) in [4.78, 5) is 25.9. The first-order valence-corrected chi connectivity index (χ1v) is 11.9. The highest BCUT2D eigenvalue weighted by Gasteiger charge is 2.10. The van der Waals surface area contributed by atoms with E-state index >= 15 is 0 Å². The molecule has 5 rings (SSSR count). The molecular formula is C30H23FN6O. The minimum atomic E-state index is -0.377. The number of anilines is 6. The fourth-order valence-electron chi connectivity index (χ4n) is 3.57. The lowest BCUT2D eigenvalue weighted by Gasteiger charge is -2.12. The van der Waals surface area contributed by atoms with Gasteiger partial charge in [0.25, 0.3) is 0 Å².